The van der Waals surface area contributed by atoms with E-state index in [4.69, 9.17) is 20.4 Å². The molecule has 3 N–H and O–H groups in total. The maximum absolute atomic E-state index is 10.1. The summed E-state index contributed by atoms with van der Waals surface area (Å²) >= 11 is 0. The third kappa shape index (κ3) is 5.42. The molecule has 0 bridgehead atoms. The average Bonchev–Trinajstić information content (AvgIpc) is 2.34. The topological polar surface area (TPSA) is 113 Å². The normalized spacial score (nSPS) is 20.8. The van der Waals surface area contributed by atoms with Gasteiger partial charge in [-0.3, -0.25) is 4.79 Å². The second-order valence-corrected chi connectivity index (χ2v) is 2.23. The standard InChI is InChI=1S/C5H9NO2.HNO3/c7-5(8)4-2-1-3-6-4;2-1(3)4/h4,6H,1-3H2,(H,7,8);(H,2,3,4)/t4-;/m0./s1. The van der Waals surface area contributed by atoms with Crippen LogP contribution < -0.4 is 5.32 Å². The van der Waals surface area contributed by atoms with Gasteiger partial charge < -0.3 is 15.6 Å². The van der Waals surface area contributed by atoms with Crippen molar-refractivity contribution in [2.75, 3.05) is 6.54 Å². The zero-order valence-electron chi connectivity index (χ0n) is 6.27. The molecule has 0 spiro atoms. The molecule has 0 radical (unpaired) electrons. The van der Waals surface area contributed by atoms with E-state index in [0.29, 0.717) is 0 Å². The Morgan fingerprint density at radius 2 is 2.17 bits per heavy atom. The molecule has 1 rings (SSSR count). The van der Waals surface area contributed by atoms with Gasteiger partial charge in [-0.25, -0.2) is 0 Å². The highest BCUT2D eigenvalue weighted by Crippen LogP contribution is 2.03. The molecule has 1 aliphatic rings. The molecule has 12 heavy (non-hydrogen) atoms. The van der Waals surface area contributed by atoms with Crippen LogP contribution in [0.4, 0.5) is 0 Å². The summed E-state index contributed by atoms with van der Waals surface area (Å²) in [5.41, 5.74) is 0. The lowest BCUT2D eigenvalue weighted by molar-refractivity contribution is -0.742. The molecular weight excluding hydrogens is 168 g/mol. The molecule has 0 aliphatic carbocycles. The Hall–Kier alpha value is -1.37. The second kappa shape index (κ2) is 5.30. The second-order valence-electron chi connectivity index (χ2n) is 2.23. The van der Waals surface area contributed by atoms with Crippen molar-refractivity contribution < 1.29 is 20.2 Å². The molecule has 0 aromatic rings. The Kier molecular flexibility index (Phi) is 4.70. The SMILES string of the molecule is O=C(O)[C@@H]1CCCN1.O=[N+]([O-])O. The third-order valence-corrected chi connectivity index (χ3v) is 1.36. The molecule has 0 unspecified atom stereocenters. The number of carboxylic acids is 1. The van der Waals surface area contributed by atoms with Crippen molar-refractivity contribution in [3.8, 4) is 0 Å². The zero-order chi connectivity index (χ0) is 9.56. The van der Waals surface area contributed by atoms with Crippen LogP contribution in [-0.4, -0.2) is 34.0 Å². The summed E-state index contributed by atoms with van der Waals surface area (Å²) in [6, 6.07) is -0.269. The Balaban J connectivity index is 0.000000261. The lowest BCUT2D eigenvalue weighted by Crippen LogP contribution is -2.29. The summed E-state index contributed by atoms with van der Waals surface area (Å²) in [5.74, 6) is -0.720. The van der Waals surface area contributed by atoms with Crippen molar-refractivity contribution in [3.63, 3.8) is 0 Å². The first-order valence-corrected chi connectivity index (χ1v) is 3.33. The van der Waals surface area contributed by atoms with Crippen molar-refractivity contribution in [2.45, 2.75) is 18.9 Å². The fraction of sp³-hybridized carbons (Fsp3) is 0.800. The van der Waals surface area contributed by atoms with Gasteiger partial charge in [-0.15, -0.1) is 10.1 Å². The minimum absolute atomic E-state index is 0.269. The van der Waals surface area contributed by atoms with Gasteiger partial charge in [0.1, 0.15) is 6.04 Å². The van der Waals surface area contributed by atoms with E-state index in [1.165, 1.54) is 0 Å². The van der Waals surface area contributed by atoms with Crippen LogP contribution in [0.25, 0.3) is 0 Å². The van der Waals surface area contributed by atoms with Gasteiger partial charge in [0, 0.05) is 0 Å². The van der Waals surface area contributed by atoms with Crippen LogP contribution in [0.3, 0.4) is 0 Å². The molecule has 1 saturated heterocycles. The number of hydrogen-bond acceptors (Lipinski definition) is 4. The first-order chi connectivity index (χ1) is 5.54. The van der Waals surface area contributed by atoms with Crippen LogP contribution in [0.5, 0.6) is 0 Å². The molecule has 0 amide bonds. The zero-order valence-corrected chi connectivity index (χ0v) is 6.27. The minimum Gasteiger partial charge on any atom is -0.480 e. The van der Waals surface area contributed by atoms with Gasteiger partial charge in [0.25, 0.3) is 5.09 Å². The summed E-state index contributed by atoms with van der Waals surface area (Å²) in [6.45, 7) is 0.858. The average molecular weight is 178 g/mol. The number of aliphatic carboxylic acids is 1. The summed E-state index contributed by atoms with van der Waals surface area (Å²) in [7, 11) is 0. The first-order valence-electron chi connectivity index (χ1n) is 3.33. The van der Waals surface area contributed by atoms with Crippen LogP contribution in [0, 0.1) is 10.1 Å². The quantitative estimate of drug-likeness (QED) is 0.367. The van der Waals surface area contributed by atoms with Gasteiger partial charge in [0.15, 0.2) is 0 Å². The van der Waals surface area contributed by atoms with Crippen LogP contribution in [0.15, 0.2) is 0 Å². The van der Waals surface area contributed by atoms with E-state index in [1.807, 2.05) is 0 Å². The largest absolute Gasteiger partial charge is 0.480 e. The lowest BCUT2D eigenvalue weighted by atomic mass is 10.2. The Bertz CT molecular complexity index is 161. The van der Waals surface area contributed by atoms with Crippen molar-refractivity contribution >= 4 is 5.97 Å². The highest BCUT2D eigenvalue weighted by Gasteiger charge is 2.20. The van der Waals surface area contributed by atoms with Crippen LogP contribution in [-0.2, 0) is 4.79 Å². The maximum Gasteiger partial charge on any atom is 0.320 e. The highest BCUT2D eigenvalue weighted by molar-refractivity contribution is 5.73. The van der Waals surface area contributed by atoms with Crippen molar-refractivity contribution in [1.29, 1.82) is 0 Å². The number of nitrogens with one attached hydrogen (secondary N) is 1. The fourth-order valence-corrected chi connectivity index (χ4v) is 0.895. The van der Waals surface area contributed by atoms with Crippen molar-refractivity contribution in [3.05, 3.63) is 10.1 Å². The van der Waals surface area contributed by atoms with E-state index in [1.54, 1.807) is 0 Å². The Labute approximate surface area is 68.1 Å². The molecule has 1 atom stereocenters. The molecule has 70 valence electrons. The number of carboxylic acid groups (broad SMARTS) is 1. The number of rotatable bonds is 1. The van der Waals surface area contributed by atoms with E-state index in [2.05, 4.69) is 5.32 Å². The van der Waals surface area contributed by atoms with Crippen molar-refractivity contribution in [1.82, 2.24) is 5.32 Å². The number of hydrogen-bond donors (Lipinski definition) is 3. The molecule has 7 nitrogen and oxygen atoms in total. The predicted octanol–water partition coefficient (Wildman–Crippen LogP) is -0.525. The van der Waals surface area contributed by atoms with Crippen molar-refractivity contribution in [2.24, 2.45) is 0 Å². The summed E-state index contributed by atoms with van der Waals surface area (Å²) in [5, 5.41) is 24.8. The number of carbonyl (C=O) groups is 1. The molecule has 1 aliphatic heterocycles. The summed E-state index contributed by atoms with van der Waals surface area (Å²) in [6.07, 6.45) is 1.78. The predicted molar refractivity (Wildman–Crippen MR) is 37.4 cm³/mol. The van der Waals surface area contributed by atoms with Crippen LogP contribution in [0.1, 0.15) is 12.8 Å². The monoisotopic (exact) mass is 178 g/mol. The van der Waals surface area contributed by atoms with Gasteiger partial charge in [-0.2, -0.15) is 0 Å². The van der Waals surface area contributed by atoms with E-state index in [-0.39, 0.29) is 6.04 Å². The minimum atomic E-state index is -1.50. The first kappa shape index (κ1) is 10.6. The molecule has 1 fully saturated rings. The highest BCUT2D eigenvalue weighted by atomic mass is 16.9. The van der Waals surface area contributed by atoms with Crippen LogP contribution in [0.2, 0.25) is 0 Å². The maximum atomic E-state index is 10.1. The summed E-state index contributed by atoms with van der Waals surface area (Å²) < 4.78 is 0. The Morgan fingerprint density at radius 1 is 1.67 bits per heavy atom. The molecule has 7 heteroatoms. The molecule has 0 aromatic heterocycles. The smallest absolute Gasteiger partial charge is 0.320 e. The van der Waals surface area contributed by atoms with Gasteiger partial charge in [-0.1, -0.05) is 0 Å². The molecule has 1 heterocycles. The molecular formula is C5H10N2O5. The van der Waals surface area contributed by atoms with E-state index < -0.39 is 11.1 Å². The van der Waals surface area contributed by atoms with Gasteiger partial charge in [0.2, 0.25) is 0 Å². The number of nitrogens with zero attached hydrogens (tertiary/aromatic N) is 1. The van der Waals surface area contributed by atoms with Crippen LogP contribution >= 0.6 is 0 Å². The van der Waals surface area contributed by atoms with Gasteiger partial charge in [-0.05, 0) is 19.4 Å². The molecule has 0 saturated carbocycles. The van der Waals surface area contributed by atoms with E-state index >= 15 is 0 Å². The Morgan fingerprint density at radius 3 is 2.33 bits per heavy atom. The van der Waals surface area contributed by atoms with E-state index in [9.17, 15) is 4.79 Å². The lowest BCUT2D eigenvalue weighted by Gasteiger charge is -1.99. The van der Waals surface area contributed by atoms with Gasteiger partial charge >= 0.3 is 5.97 Å². The fourth-order valence-electron chi connectivity index (χ4n) is 0.895. The summed E-state index contributed by atoms with van der Waals surface area (Å²) in [4.78, 5) is 18.5. The molecule has 0 aromatic carbocycles. The third-order valence-electron chi connectivity index (χ3n) is 1.36. The van der Waals surface area contributed by atoms with Gasteiger partial charge in [0.05, 0.1) is 0 Å². The van der Waals surface area contributed by atoms with E-state index in [0.717, 1.165) is 19.4 Å².